The highest BCUT2D eigenvalue weighted by molar-refractivity contribution is 7.98. The molecular weight excluding hydrogens is 296 g/mol. The number of hydrogen-bond donors (Lipinski definition) is 0. The zero-order valence-electron chi connectivity index (χ0n) is 11.6. The second-order valence-corrected chi connectivity index (χ2v) is 5.72. The normalized spacial score (nSPS) is 11.1. The van der Waals surface area contributed by atoms with Gasteiger partial charge in [0, 0.05) is 18.1 Å². The minimum Gasteiger partial charge on any atom is -0.463 e. The van der Waals surface area contributed by atoms with E-state index in [0.29, 0.717) is 0 Å². The third kappa shape index (κ3) is 2.60. The van der Waals surface area contributed by atoms with E-state index >= 15 is 0 Å². The molecule has 0 unspecified atom stereocenters. The molecule has 0 amide bonds. The fraction of sp³-hybridized carbons (Fsp3) is 0.0625. The molecule has 6 heteroatoms. The largest absolute Gasteiger partial charge is 0.463 e. The van der Waals surface area contributed by atoms with Crippen LogP contribution in [0.25, 0.3) is 17.1 Å². The fourth-order valence-electron chi connectivity index (χ4n) is 2.16. The SMILES string of the molecule is c1coc(-c2ccc(SCc3cn4ccccc4n3)nn2)c1. The number of fused-ring (bicyclic) bond motifs is 1. The zero-order chi connectivity index (χ0) is 14.8. The molecule has 22 heavy (non-hydrogen) atoms. The summed E-state index contributed by atoms with van der Waals surface area (Å²) in [5.74, 6) is 1.49. The molecule has 4 aromatic rings. The Morgan fingerprint density at radius 1 is 1.05 bits per heavy atom. The van der Waals surface area contributed by atoms with Crippen LogP contribution < -0.4 is 0 Å². The molecule has 108 valence electrons. The molecule has 0 radical (unpaired) electrons. The molecule has 0 aliphatic carbocycles. The van der Waals surface area contributed by atoms with Gasteiger partial charge in [0.2, 0.25) is 0 Å². The molecule has 4 rings (SSSR count). The maximum Gasteiger partial charge on any atom is 0.154 e. The predicted molar refractivity (Wildman–Crippen MR) is 84.5 cm³/mol. The topological polar surface area (TPSA) is 56.2 Å². The highest BCUT2D eigenvalue weighted by Crippen LogP contribution is 2.22. The van der Waals surface area contributed by atoms with Crippen LogP contribution in [-0.2, 0) is 5.75 Å². The average molecular weight is 308 g/mol. The van der Waals surface area contributed by atoms with Gasteiger partial charge in [-0.3, -0.25) is 0 Å². The number of hydrogen-bond acceptors (Lipinski definition) is 5. The van der Waals surface area contributed by atoms with Gasteiger partial charge in [0.15, 0.2) is 5.76 Å². The molecule has 4 aromatic heterocycles. The summed E-state index contributed by atoms with van der Waals surface area (Å²) in [6, 6.07) is 13.5. The smallest absolute Gasteiger partial charge is 0.154 e. The fourth-order valence-corrected chi connectivity index (χ4v) is 2.86. The number of furan rings is 1. The van der Waals surface area contributed by atoms with Crippen LogP contribution in [0.3, 0.4) is 0 Å². The van der Waals surface area contributed by atoms with E-state index in [1.54, 1.807) is 18.0 Å². The van der Waals surface area contributed by atoms with Crippen molar-refractivity contribution >= 4 is 17.4 Å². The van der Waals surface area contributed by atoms with Crippen LogP contribution in [0.1, 0.15) is 5.69 Å². The minimum atomic E-state index is 0.726. The predicted octanol–water partition coefficient (Wildman–Crippen LogP) is 3.68. The minimum absolute atomic E-state index is 0.726. The van der Waals surface area contributed by atoms with Gasteiger partial charge in [0.1, 0.15) is 16.4 Å². The summed E-state index contributed by atoms with van der Waals surface area (Å²) < 4.78 is 7.32. The lowest BCUT2D eigenvalue weighted by Gasteiger charge is -1.99. The van der Waals surface area contributed by atoms with Crippen LogP contribution in [0.15, 0.2) is 70.6 Å². The van der Waals surface area contributed by atoms with Gasteiger partial charge in [0.25, 0.3) is 0 Å². The Morgan fingerprint density at radius 2 is 2.05 bits per heavy atom. The Bertz CT molecular complexity index is 851. The van der Waals surface area contributed by atoms with Crippen molar-refractivity contribution < 1.29 is 4.42 Å². The highest BCUT2D eigenvalue weighted by Gasteiger charge is 2.06. The lowest BCUT2D eigenvalue weighted by molar-refractivity contribution is 0.578. The first kappa shape index (κ1) is 13.1. The Kier molecular flexibility index (Phi) is 3.36. The first-order chi connectivity index (χ1) is 10.9. The van der Waals surface area contributed by atoms with Crippen molar-refractivity contribution in [3.05, 3.63) is 66.8 Å². The van der Waals surface area contributed by atoms with E-state index in [0.717, 1.165) is 33.6 Å². The van der Waals surface area contributed by atoms with Crippen LogP contribution in [0.5, 0.6) is 0 Å². The van der Waals surface area contributed by atoms with Gasteiger partial charge >= 0.3 is 0 Å². The van der Waals surface area contributed by atoms with E-state index in [4.69, 9.17) is 4.42 Å². The molecule has 0 N–H and O–H groups in total. The summed E-state index contributed by atoms with van der Waals surface area (Å²) in [6.45, 7) is 0. The molecule has 0 bridgehead atoms. The molecule has 0 fully saturated rings. The quantitative estimate of drug-likeness (QED) is 0.538. The zero-order valence-corrected chi connectivity index (χ0v) is 12.4. The Balaban J connectivity index is 1.47. The van der Waals surface area contributed by atoms with Gasteiger partial charge in [-0.15, -0.1) is 10.2 Å². The third-order valence-electron chi connectivity index (χ3n) is 3.20. The van der Waals surface area contributed by atoms with Gasteiger partial charge in [-0.05, 0) is 36.4 Å². The van der Waals surface area contributed by atoms with Crippen LogP contribution in [0, 0.1) is 0 Å². The van der Waals surface area contributed by atoms with E-state index in [-0.39, 0.29) is 0 Å². The molecule has 0 atom stereocenters. The van der Waals surface area contributed by atoms with Gasteiger partial charge in [0.05, 0.1) is 12.0 Å². The van der Waals surface area contributed by atoms with Crippen LogP contribution >= 0.6 is 11.8 Å². The third-order valence-corrected chi connectivity index (χ3v) is 4.15. The Labute approximate surface area is 131 Å². The van der Waals surface area contributed by atoms with Gasteiger partial charge in [-0.25, -0.2) is 4.98 Å². The van der Waals surface area contributed by atoms with E-state index in [1.165, 1.54) is 0 Å². The van der Waals surface area contributed by atoms with E-state index in [9.17, 15) is 0 Å². The van der Waals surface area contributed by atoms with Crippen molar-refractivity contribution in [2.45, 2.75) is 10.8 Å². The Hall–Kier alpha value is -2.60. The van der Waals surface area contributed by atoms with Gasteiger partial charge in [-0.1, -0.05) is 17.8 Å². The standard InChI is InChI=1S/C16H12N4OS/c1-2-8-20-10-12(17-15(20)5-1)11-22-16-7-6-13(18-19-16)14-4-3-9-21-14/h1-10H,11H2. The maximum absolute atomic E-state index is 5.30. The Morgan fingerprint density at radius 3 is 2.82 bits per heavy atom. The molecule has 0 saturated carbocycles. The van der Waals surface area contributed by atoms with E-state index < -0.39 is 0 Å². The molecule has 0 saturated heterocycles. The summed E-state index contributed by atoms with van der Waals surface area (Å²) in [5.41, 5.74) is 2.72. The van der Waals surface area contributed by atoms with Crippen molar-refractivity contribution in [1.82, 2.24) is 19.6 Å². The number of nitrogens with zero attached hydrogens (tertiary/aromatic N) is 4. The van der Waals surface area contributed by atoms with Crippen molar-refractivity contribution in [3.63, 3.8) is 0 Å². The van der Waals surface area contributed by atoms with Crippen molar-refractivity contribution in [2.24, 2.45) is 0 Å². The molecule has 0 aromatic carbocycles. The summed E-state index contributed by atoms with van der Waals surface area (Å²) in [6.07, 6.45) is 5.66. The second kappa shape index (κ2) is 5.65. The summed E-state index contributed by atoms with van der Waals surface area (Å²) >= 11 is 1.61. The van der Waals surface area contributed by atoms with Crippen molar-refractivity contribution in [1.29, 1.82) is 0 Å². The number of imidazole rings is 1. The number of thioether (sulfide) groups is 1. The lowest BCUT2D eigenvalue weighted by Crippen LogP contribution is -1.89. The number of aromatic nitrogens is 4. The highest BCUT2D eigenvalue weighted by atomic mass is 32.2. The summed E-state index contributed by atoms with van der Waals surface area (Å²) in [4.78, 5) is 4.56. The number of pyridine rings is 1. The van der Waals surface area contributed by atoms with Crippen LogP contribution in [0.2, 0.25) is 0 Å². The average Bonchev–Trinajstić information content (AvgIpc) is 3.22. The molecule has 0 spiro atoms. The van der Waals surface area contributed by atoms with Gasteiger partial charge < -0.3 is 8.82 Å². The van der Waals surface area contributed by atoms with Crippen molar-refractivity contribution in [3.8, 4) is 11.5 Å². The molecule has 0 aliphatic heterocycles. The van der Waals surface area contributed by atoms with Crippen LogP contribution in [0.4, 0.5) is 0 Å². The summed E-state index contributed by atoms with van der Waals surface area (Å²) in [7, 11) is 0. The number of rotatable bonds is 4. The molecule has 5 nitrogen and oxygen atoms in total. The van der Waals surface area contributed by atoms with E-state index in [2.05, 4.69) is 15.2 Å². The molecular formula is C16H12N4OS. The van der Waals surface area contributed by atoms with Gasteiger partial charge in [-0.2, -0.15) is 0 Å². The van der Waals surface area contributed by atoms with Crippen LogP contribution in [-0.4, -0.2) is 19.6 Å². The second-order valence-electron chi connectivity index (χ2n) is 4.72. The molecule has 4 heterocycles. The maximum atomic E-state index is 5.30. The molecule has 0 aliphatic rings. The monoisotopic (exact) mass is 308 g/mol. The lowest BCUT2D eigenvalue weighted by atomic mass is 10.3. The van der Waals surface area contributed by atoms with Crippen molar-refractivity contribution in [2.75, 3.05) is 0 Å². The summed E-state index contributed by atoms with van der Waals surface area (Å²) in [5, 5.41) is 9.28. The first-order valence-electron chi connectivity index (χ1n) is 6.81. The van der Waals surface area contributed by atoms with E-state index in [1.807, 2.05) is 59.3 Å². The first-order valence-corrected chi connectivity index (χ1v) is 7.80.